The largest absolute Gasteiger partial charge is 0.396 e. The number of nitrogens with one attached hydrogen (secondary N) is 1. The molecule has 1 heterocycles. The van der Waals surface area contributed by atoms with Gasteiger partial charge < -0.3 is 10.4 Å². The van der Waals surface area contributed by atoms with Crippen LogP contribution < -0.4 is 5.32 Å². The average molecular weight is 298 g/mol. The predicted octanol–water partition coefficient (Wildman–Crippen LogP) is 0.970. The van der Waals surface area contributed by atoms with Gasteiger partial charge in [0.15, 0.2) is 0 Å². The summed E-state index contributed by atoms with van der Waals surface area (Å²) in [6.07, 6.45) is 0.727. The molecular formula is C14H22N2O3S. The van der Waals surface area contributed by atoms with Crippen LogP contribution in [0.4, 0.5) is 0 Å². The van der Waals surface area contributed by atoms with Gasteiger partial charge in [-0.05, 0) is 44.0 Å². The van der Waals surface area contributed by atoms with Gasteiger partial charge in [-0.1, -0.05) is 12.1 Å². The topological polar surface area (TPSA) is 69.6 Å². The van der Waals surface area contributed by atoms with Gasteiger partial charge in [0.2, 0.25) is 10.0 Å². The van der Waals surface area contributed by atoms with Crippen molar-refractivity contribution in [3.63, 3.8) is 0 Å². The minimum atomic E-state index is -3.43. The first-order chi connectivity index (χ1) is 9.48. The molecule has 6 heteroatoms. The average Bonchev–Trinajstić information content (AvgIpc) is 2.96. The Morgan fingerprint density at radius 1 is 1.40 bits per heavy atom. The van der Waals surface area contributed by atoms with Gasteiger partial charge in [0.05, 0.1) is 4.90 Å². The first-order valence-electron chi connectivity index (χ1n) is 6.87. The van der Waals surface area contributed by atoms with Gasteiger partial charge in [-0.25, -0.2) is 8.42 Å². The predicted molar refractivity (Wildman–Crippen MR) is 77.9 cm³/mol. The summed E-state index contributed by atoms with van der Waals surface area (Å²) in [5.74, 6) is 0.0633. The Kier molecular flexibility index (Phi) is 4.80. The number of aliphatic hydroxyl groups is 1. The number of rotatable bonds is 5. The molecule has 0 aromatic heterocycles. The van der Waals surface area contributed by atoms with Crippen molar-refractivity contribution in [3.8, 4) is 0 Å². The molecule has 0 aliphatic carbocycles. The Morgan fingerprint density at radius 2 is 2.05 bits per heavy atom. The van der Waals surface area contributed by atoms with Gasteiger partial charge in [-0.3, -0.25) is 0 Å². The van der Waals surface area contributed by atoms with Gasteiger partial charge in [0.25, 0.3) is 0 Å². The van der Waals surface area contributed by atoms with Crippen molar-refractivity contribution in [3.05, 3.63) is 29.8 Å². The Morgan fingerprint density at radius 3 is 2.55 bits per heavy atom. The maximum Gasteiger partial charge on any atom is 0.243 e. The summed E-state index contributed by atoms with van der Waals surface area (Å²) in [4.78, 5) is 0.322. The summed E-state index contributed by atoms with van der Waals surface area (Å²) >= 11 is 0. The van der Waals surface area contributed by atoms with Crippen molar-refractivity contribution in [2.45, 2.75) is 24.3 Å². The summed E-state index contributed by atoms with van der Waals surface area (Å²) in [5.41, 5.74) is 1.06. The zero-order valence-corrected chi connectivity index (χ0v) is 12.7. The summed E-state index contributed by atoms with van der Waals surface area (Å²) in [5, 5.41) is 12.2. The van der Waals surface area contributed by atoms with Crippen LogP contribution in [0.5, 0.6) is 0 Å². The van der Waals surface area contributed by atoms with E-state index < -0.39 is 10.0 Å². The van der Waals surface area contributed by atoms with Crippen LogP contribution in [0, 0.1) is 5.92 Å². The molecule has 1 aromatic rings. The first-order valence-corrected chi connectivity index (χ1v) is 8.31. The minimum Gasteiger partial charge on any atom is -0.396 e. The summed E-state index contributed by atoms with van der Waals surface area (Å²) in [6.45, 7) is 2.97. The van der Waals surface area contributed by atoms with Crippen molar-refractivity contribution >= 4 is 10.0 Å². The van der Waals surface area contributed by atoms with Gasteiger partial charge in [-0.15, -0.1) is 0 Å². The van der Waals surface area contributed by atoms with E-state index >= 15 is 0 Å². The highest BCUT2D eigenvalue weighted by atomic mass is 32.2. The summed E-state index contributed by atoms with van der Waals surface area (Å²) in [6, 6.07) is 7.19. The molecule has 1 aromatic carbocycles. The Balaban J connectivity index is 2.18. The second-order valence-corrected chi connectivity index (χ2v) is 7.22. The molecule has 2 unspecified atom stereocenters. The third-order valence-corrected chi connectivity index (χ3v) is 5.84. The minimum absolute atomic E-state index is 0.0463. The zero-order chi connectivity index (χ0) is 14.8. The van der Waals surface area contributed by atoms with Gasteiger partial charge in [-0.2, -0.15) is 4.31 Å². The molecule has 2 N–H and O–H groups in total. The lowest BCUT2D eigenvalue weighted by Gasteiger charge is -2.17. The molecule has 2 atom stereocenters. The number of benzene rings is 1. The van der Waals surface area contributed by atoms with E-state index in [1.807, 2.05) is 26.1 Å². The number of hydrogen-bond donors (Lipinski definition) is 2. The maximum atomic E-state index is 12.5. The normalized spacial score (nSPS) is 22.1. The Hall–Kier alpha value is -0.950. The summed E-state index contributed by atoms with van der Waals surface area (Å²) in [7, 11) is -1.56. The molecule has 0 spiro atoms. The molecule has 1 aliphatic rings. The number of hydrogen-bond acceptors (Lipinski definition) is 4. The van der Waals surface area contributed by atoms with Crippen LogP contribution in [0.1, 0.15) is 24.9 Å². The lowest BCUT2D eigenvalue weighted by Crippen LogP contribution is -2.29. The van der Waals surface area contributed by atoms with Crippen molar-refractivity contribution in [2.75, 3.05) is 26.7 Å². The standard InChI is InChI=1S/C14H22N2O3S/c1-11(15-2)13-3-5-14(6-4-13)20(18,19)16-8-7-12(9-16)10-17/h3-6,11-12,15,17H,7-10H2,1-2H3. The number of nitrogens with zero attached hydrogens (tertiary/aromatic N) is 1. The number of sulfonamides is 1. The molecule has 1 saturated heterocycles. The van der Waals surface area contributed by atoms with E-state index in [4.69, 9.17) is 5.11 Å². The van der Waals surface area contributed by atoms with E-state index in [-0.39, 0.29) is 18.6 Å². The van der Waals surface area contributed by atoms with Crippen molar-refractivity contribution in [1.29, 1.82) is 0 Å². The number of aliphatic hydroxyl groups excluding tert-OH is 1. The fourth-order valence-corrected chi connectivity index (χ4v) is 3.94. The van der Waals surface area contributed by atoms with Crippen LogP contribution in [-0.4, -0.2) is 44.6 Å². The van der Waals surface area contributed by atoms with Crippen LogP contribution in [0.15, 0.2) is 29.2 Å². The third-order valence-electron chi connectivity index (χ3n) is 3.96. The van der Waals surface area contributed by atoms with Crippen LogP contribution in [-0.2, 0) is 10.0 Å². The fraction of sp³-hybridized carbons (Fsp3) is 0.571. The Labute approximate surface area is 120 Å². The van der Waals surface area contributed by atoms with Gasteiger partial charge >= 0.3 is 0 Å². The third kappa shape index (κ3) is 3.03. The smallest absolute Gasteiger partial charge is 0.243 e. The molecule has 0 saturated carbocycles. The SMILES string of the molecule is CNC(C)c1ccc(S(=O)(=O)N2CCC(CO)C2)cc1. The monoisotopic (exact) mass is 298 g/mol. The van der Waals surface area contributed by atoms with E-state index in [2.05, 4.69) is 5.32 Å². The van der Waals surface area contributed by atoms with Crippen LogP contribution >= 0.6 is 0 Å². The van der Waals surface area contributed by atoms with Gasteiger partial charge in [0, 0.05) is 25.7 Å². The van der Waals surface area contributed by atoms with E-state index in [9.17, 15) is 8.42 Å². The first kappa shape index (κ1) is 15.4. The van der Waals surface area contributed by atoms with E-state index in [1.54, 1.807) is 12.1 Å². The van der Waals surface area contributed by atoms with Crippen molar-refractivity contribution in [1.82, 2.24) is 9.62 Å². The molecule has 112 valence electrons. The second-order valence-electron chi connectivity index (χ2n) is 5.28. The highest BCUT2D eigenvalue weighted by molar-refractivity contribution is 7.89. The van der Waals surface area contributed by atoms with E-state index in [0.717, 1.165) is 12.0 Å². The highest BCUT2D eigenvalue weighted by Gasteiger charge is 2.32. The van der Waals surface area contributed by atoms with Crippen LogP contribution in [0.3, 0.4) is 0 Å². The molecule has 20 heavy (non-hydrogen) atoms. The second kappa shape index (κ2) is 6.22. The molecule has 5 nitrogen and oxygen atoms in total. The molecule has 0 amide bonds. The zero-order valence-electron chi connectivity index (χ0n) is 11.9. The van der Waals surface area contributed by atoms with Crippen LogP contribution in [0.2, 0.25) is 0 Å². The van der Waals surface area contributed by atoms with E-state index in [0.29, 0.717) is 18.0 Å². The summed E-state index contributed by atoms with van der Waals surface area (Å²) < 4.78 is 26.4. The molecule has 2 rings (SSSR count). The molecule has 0 bridgehead atoms. The van der Waals surface area contributed by atoms with Crippen molar-refractivity contribution < 1.29 is 13.5 Å². The van der Waals surface area contributed by atoms with Gasteiger partial charge in [0.1, 0.15) is 0 Å². The molecule has 0 radical (unpaired) electrons. The highest BCUT2D eigenvalue weighted by Crippen LogP contribution is 2.25. The molecule has 1 fully saturated rings. The van der Waals surface area contributed by atoms with E-state index in [1.165, 1.54) is 4.31 Å². The van der Waals surface area contributed by atoms with Crippen LogP contribution in [0.25, 0.3) is 0 Å². The molecule has 1 aliphatic heterocycles. The fourth-order valence-electron chi connectivity index (χ4n) is 2.41. The lowest BCUT2D eigenvalue weighted by atomic mass is 10.1. The maximum absolute atomic E-state index is 12.5. The lowest BCUT2D eigenvalue weighted by molar-refractivity contribution is 0.233. The Bertz CT molecular complexity index is 542. The van der Waals surface area contributed by atoms with Crippen molar-refractivity contribution in [2.24, 2.45) is 5.92 Å². The quantitative estimate of drug-likeness (QED) is 0.850. The molecular weight excluding hydrogens is 276 g/mol.